The van der Waals surface area contributed by atoms with Crippen molar-refractivity contribution in [3.63, 3.8) is 0 Å². The predicted molar refractivity (Wildman–Crippen MR) is 85.1 cm³/mol. The molecule has 0 amide bonds. The van der Waals surface area contributed by atoms with Crippen LogP contribution in [0, 0.1) is 11.3 Å². The summed E-state index contributed by atoms with van der Waals surface area (Å²) < 4.78 is 0. The third kappa shape index (κ3) is 3.86. The summed E-state index contributed by atoms with van der Waals surface area (Å²) in [5.74, 6) is 1.82. The van der Waals surface area contributed by atoms with Gasteiger partial charge in [0.25, 0.3) is 0 Å². The van der Waals surface area contributed by atoms with Crippen molar-refractivity contribution >= 4 is 11.8 Å². The van der Waals surface area contributed by atoms with E-state index in [-0.39, 0.29) is 0 Å². The van der Waals surface area contributed by atoms with Crippen LogP contribution < -0.4 is 5.73 Å². The van der Waals surface area contributed by atoms with Gasteiger partial charge in [0.1, 0.15) is 5.54 Å². The van der Waals surface area contributed by atoms with Crippen LogP contribution in [0.15, 0.2) is 60.7 Å². The lowest BCUT2D eigenvalue weighted by Crippen LogP contribution is -2.35. The normalized spacial score (nSPS) is 13.4. The number of nitrogens with zero attached hydrogens (tertiary/aromatic N) is 1. The summed E-state index contributed by atoms with van der Waals surface area (Å²) in [5, 5.41) is 9.37. The Morgan fingerprint density at radius 3 is 2.20 bits per heavy atom. The van der Waals surface area contributed by atoms with Crippen LogP contribution in [-0.4, -0.2) is 5.75 Å². The average Bonchev–Trinajstić information content (AvgIpc) is 2.53. The van der Waals surface area contributed by atoms with Gasteiger partial charge in [-0.15, -0.1) is 0 Å². The van der Waals surface area contributed by atoms with E-state index < -0.39 is 5.54 Å². The minimum absolute atomic E-state index is 0.658. The Hall–Kier alpha value is -1.76. The van der Waals surface area contributed by atoms with Crippen LogP contribution >= 0.6 is 11.8 Å². The van der Waals surface area contributed by atoms with E-state index in [1.807, 2.05) is 60.3 Å². The molecule has 0 fully saturated rings. The van der Waals surface area contributed by atoms with Crippen molar-refractivity contribution in [3.05, 3.63) is 71.8 Å². The molecule has 0 aromatic heterocycles. The third-order valence-electron chi connectivity index (χ3n) is 3.24. The standard InChI is InChI=1S/C17H18N2S/c18-14-17(19,16-9-5-2-6-10-16)11-12-20-13-15-7-3-1-4-8-15/h1-10H,11-13,19H2. The molecule has 0 aliphatic heterocycles. The van der Waals surface area contributed by atoms with Crippen molar-refractivity contribution in [2.24, 2.45) is 5.73 Å². The summed E-state index contributed by atoms with van der Waals surface area (Å²) in [5.41, 5.74) is 7.53. The number of rotatable bonds is 6. The molecule has 2 N–H and O–H groups in total. The predicted octanol–water partition coefficient (Wildman–Crippen LogP) is 3.69. The summed E-state index contributed by atoms with van der Waals surface area (Å²) >= 11 is 1.81. The molecule has 0 saturated carbocycles. The Labute approximate surface area is 124 Å². The molecular formula is C17H18N2S. The highest BCUT2D eigenvalue weighted by Gasteiger charge is 2.26. The van der Waals surface area contributed by atoms with Gasteiger partial charge in [-0.3, -0.25) is 0 Å². The maximum absolute atomic E-state index is 9.37. The fourth-order valence-corrected chi connectivity index (χ4v) is 3.04. The molecule has 0 radical (unpaired) electrons. The van der Waals surface area contributed by atoms with E-state index in [2.05, 4.69) is 18.2 Å². The summed E-state index contributed by atoms with van der Waals surface area (Å²) in [6, 6.07) is 22.2. The van der Waals surface area contributed by atoms with Gasteiger partial charge in [-0.1, -0.05) is 60.7 Å². The first kappa shape index (κ1) is 14.6. The van der Waals surface area contributed by atoms with Crippen molar-refractivity contribution in [2.45, 2.75) is 17.7 Å². The number of nitriles is 1. The van der Waals surface area contributed by atoms with Gasteiger partial charge < -0.3 is 5.73 Å². The zero-order valence-corrected chi connectivity index (χ0v) is 12.1. The molecule has 2 nitrogen and oxygen atoms in total. The summed E-state index contributed by atoms with van der Waals surface area (Å²) in [7, 11) is 0. The lowest BCUT2D eigenvalue weighted by molar-refractivity contribution is 0.560. The highest BCUT2D eigenvalue weighted by atomic mass is 32.2. The Morgan fingerprint density at radius 2 is 1.60 bits per heavy atom. The Kier molecular flexibility index (Phi) is 5.23. The van der Waals surface area contributed by atoms with Gasteiger partial charge in [0.15, 0.2) is 0 Å². The van der Waals surface area contributed by atoms with Crippen LogP contribution in [0.3, 0.4) is 0 Å². The van der Waals surface area contributed by atoms with Gasteiger partial charge in [0, 0.05) is 5.75 Å². The van der Waals surface area contributed by atoms with Crippen LogP contribution in [0.1, 0.15) is 17.5 Å². The molecule has 0 aliphatic rings. The molecule has 2 aromatic rings. The first-order valence-electron chi connectivity index (χ1n) is 6.62. The summed E-state index contributed by atoms with van der Waals surface area (Å²) in [6.07, 6.45) is 0.658. The molecule has 102 valence electrons. The number of hydrogen-bond donors (Lipinski definition) is 1. The Balaban J connectivity index is 1.87. The minimum Gasteiger partial charge on any atom is -0.310 e. The van der Waals surface area contributed by atoms with E-state index in [9.17, 15) is 5.26 Å². The smallest absolute Gasteiger partial charge is 0.130 e. The number of hydrogen-bond acceptors (Lipinski definition) is 3. The second kappa shape index (κ2) is 7.14. The van der Waals surface area contributed by atoms with Crippen LogP contribution in [0.2, 0.25) is 0 Å². The fraction of sp³-hybridized carbons (Fsp3) is 0.235. The van der Waals surface area contributed by atoms with Crippen LogP contribution in [0.4, 0.5) is 0 Å². The molecule has 0 aliphatic carbocycles. The second-order valence-corrected chi connectivity index (χ2v) is 5.84. The lowest BCUT2D eigenvalue weighted by Gasteiger charge is -2.21. The van der Waals surface area contributed by atoms with Gasteiger partial charge in [-0.2, -0.15) is 17.0 Å². The van der Waals surface area contributed by atoms with E-state index in [1.54, 1.807) is 0 Å². The summed E-state index contributed by atoms with van der Waals surface area (Å²) in [6.45, 7) is 0. The van der Waals surface area contributed by atoms with E-state index in [1.165, 1.54) is 5.56 Å². The van der Waals surface area contributed by atoms with E-state index in [0.717, 1.165) is 17.1 Å². The molecule has 1 unspecified atom stereocenters. The van der Waals surface area contributed by atoms with Crippen molar-refractivity contribution in [1.29, 1.82) is 5.26 Å². The van der Waals surface area contributed by atoms with Crippen molar-refractivity contribution in [3.8, 4) is 6.07 Å². The first-order valence-corrected chi connectivity index (χ1v) is 7.77. The Bertz CT molecular complexity index is 563. The number of thioether (sulfide) groups is 1. The highest BCUT2D eigenvalue weighted by Crippen LogP contribution is 2.24. The third-order valence-corrected chi connectivity index (χ3v) is 4.27. The van der Waals surface area contributed by atoms with Gasteiger partial charge in [-0.05, 0) is 23.3 Å². The molecule has 0 spiro atoms. The van der Waals surface area contributed by atoms with Crippen molar-refractivity contribution < 1.29 is 0 Å². The van der Waals surface area contributed by atoms with Gasteiger partial charge in [-0.25, -0.2) is 0 Å². The Morgan fingerprint density at radius 1 is 1.00 bits per heavy atom. The van der Waals surface area contributed by atoms with E-state index >= 15 is 0 Å². The van der Waals surface area contributed by atoms with E-state index in [0.29, 0.717) is 6.42 Å². The van der Waals surface area contributed by atoms with Crippen LogP contribution in [0.5, 0.6) is 0 Å². The monoisotopic (exact) mass is 282 g/mol. The molecule has 0 saturated heterocycles. The highest BCUT2D eigenvalue weighted by molar-refractivity contribution is 7.98. The molecule has 0 heterocycles. The largest absolute Gasteiger partial charge is 0.310 e. The van der Waals surface area contributed by atoms with Gasteiger partial charge >= 0.3 is 0 Å². The SMILES string of the molecule is N#CC(N)(CCSCc1ccccc1)c1ccccc1. The topological polar surface area (TPSA) is 49.8 Å². The fourth-order valence-electron chi connectivity index (χ4n) is 2.00. The molecular weight excluding hydrogens is 264 g/mol. The lowest BCUT2D eigenvalue weighted by atomic mass is 9.90. The van der Waals surface area contributed by atoms with Crippen LogP contribution in [-0.2, 0) is 11.3 Å². The molecule has 0 bridgehead atoms. The first-order chi connectivity index (χ1) is 9.74. The van der Waals surface area contributed by atoms with Gasteiger partial charge in [0.2, 0.25) is 0 Å². The molecule has 2 aromatic carbocycles. The van der Waals surface area contributed by atoms with Crippen molar-refractivity contribution in [2.75, 3.05) is 5.75 Å². The molecule has 1 atom stereocenters. The zero-order valence-electron chi connectivity index (χ0n) is 11.3. The molecule has 20 heavy (non-hydrogen) atoms. The average molecular weight is 282 g/mol. The van der Waals surface area contributed by atoms with Gasteiger partial charge in [0.05, 0.1) is 6.07 Å². The van der Waals surface area contributed by atoms with Crippen molar-refractivity contribution in [1.82, 2.24) is 0 Å². The summed E-state index contributed by atoms with van der Waals surface area (Å²) in [4.78, 5) is 0. The quantitative estimate of drug-likeness (QED) is 0.822. The molecule has 2 rings (SSSR count). The molecule has 3 heteroatoms. The zero-order chi connectivity index (χ0) is 14.3. The maximum atomic E-state index is 9.37. The number of nitrogens with two attached hydrogens (primary N) is 1. The maximum Gasteiger partial charge on any atom is 0.130 e. The minimum atomic E-state index is -0.884. The second-order valence-electron chi connectivity index (χ2n) is 4.74. The van der Waals surface area contributed by atoms with Crippen LogP contribution in [0.25, 0.3) is 0 Å². The van der Waals surface area contributed by atoms with E-state index in [4.69, 9.17) is 5.73 Å². The number of benzene rings is 2.